The molecule has 2 aromatic heterocycles. The Morgan fingerprint density at radius 3 is 2.85 bits per heavy atom. The predicted molar refractivity (Wildman–Crippen MR) is 51.0 cm³/mol. The first-order valence-corrected chi connectivity index (χ1v) is 4.60. The fourth-order valence-corrected chi connectivity index (χ4v) is 1.72. The zero-order valence-corrected chi connectivity index (χ0v) is 7.66. The first kappa shape index (κ1) is 8.28. The van der Waals surface area contributed by atoms with Crippen LogP contribution >= 0.6 is 11.5 Å². The third-order valence-electron chi connectivity index (χ3n) is 1.74. The fraction of sp³-hybridized carbons (Fsp3) is 0.125. The van der Waals surface area contributed by atoms with Gasteiger partial charge in [-0.1, -0.05) is 0 Å². The van der Waals surface area contributed by atoms with Gasteiger partial charge in [-0.15, -0.1) is 0 Å². The van der Waals surface area contributed by atoms with Crippen molar-refractivity contribution >= 4 is 11.5 Å². The van der Waals surface area contributed by atoms with Crippen molar-refractivity contribution in [2.45, 2.75) is 6.54 Å². The van der Waals surface area contributed by atoms with Crippen molar-refractivity contribution in [1.29, 1.82) is 0 Å². The smallest absolute Gasteiger partial charge is 0.0586 e. The summed E-state index contributed by atoms with van der Waals surface area (Å²) in [4.78, 5) is 1.08. The summed E-state index contributed by atoms with van der Waals surface area (Å²) in [6.07, 6.45) is 5.17. The molecule has 0 aromatic carbocycles. The zero-order valence-electron chi connectivity index (χ0n) is 6.84. The molecule has 0 amide bonds. The van der Waals surface area contributed by atoms with Crippen LogP contribution in [0.4, 0.5) is 0 Å². The Labute approximate surface area is 79.6 Å². The maximum Gasteiger partial charge on any atom is 0.0586 e. The van der Waals surface area contributed by atoms with E-state index in [9.17, 15) is 0 Å². The zero-order chi connectivity index (χ0) is 9.10. The summed E-state index contributed by atoms with van der Waals surface area (Å²) in [7, 11) is 0. The van der Waals surface area contributed by atoms with E-state index < -0.39 is 0 Å². The van der Waals surface area contributed by atoms with Gasteiger partial charge in [0.25, 0.3) is 0 Å². The summed E-state index contributed by atoms with van der Waals surface area (Å²) in [5, 5.41) is 7.60. The van der Waals surface area contributed by atoms with E-state index >= 15 is 0 Å². The first-order chi connectivity index (χ1) is 6.42. The largest absolute Gasteiger partial charge is 0.326 e. The number of nitrogens with two attached hydrogens (primary N) is 1. The molecule has 0 saturated carbocycles. The van der Waals surface area contributed by atoms with Gasteiger partial charge in [-0.25, -0.2) is 4.37 Å². The molecule has 66 valence electrons. The van der Waals surface area contributed by atoms with Gasteiger partial charge in [-0.05, 0) is 23.2 Å². The van der Waals surface area contributed by atoms with E-state index in [1.165, 1.54) is 11.5 Å². The average Bonchev–Trinajstić information content (AvgIpc) is 2.70. The van der Waals surface area contributed by atoms with Gasteiger partial charge in [0.2, 0.25) is 0 Å². The Bertz CT molecular complexity index is 385. The van der Waals surface area contributed by atoms with Crippen LogP contribution < -0.4 is 5.73 Å². The van der Waals surface area contributed by atoms with Crippen molar-refractivity contribution in [2.75, 3.05) is 0 Å². The number of aromatic nitrogens is 3. The van der Waals surface area contributed by atoms with E-state index in [0.29, 0.717) is 6.54 Å². The highest BCUT2D eigenvalue weighted by Gasteiger charge is 2.05. The van der Waals surface area contributed by atoms with Gasteiger partial charge in [0.1, 0.15) is 0 Å². The van der Waals surface area contributed by atoms with Gasteiger partial charge in [0.05, 0.1) is 17.3 Å². The van der Waals surface area contributed by atoms with Crippen LogP contribution in [0.15, 0.2) is 24.7 Å². The minimum atomic E-state index is 0.475. The van der Waals surface area contributed by atoms with Crippen LogP contribution in [0.3, 0.4) is 0 Å². The van der Waals surface area contributed by atoms with Crippen molar-refractivity contribution in [3.8, 4) is 10.4 Å². The third-order valence-corrected chi connectivity index (χ3v) is 2.52. The van der Waals surface area contributed by atoms with E-state index in [4.69, 9.17) is 5.73 Å². The molecule has 0 radical (unpaired) electrons. The van der Waals surface area contributed by atoms with Crippen LogP contribution in [0, 0.1) is 0 Å². The van der Waals surface area contributed by atoms with Gasteiger partial charge in [-0.3, -0.25) is 0 Å². The van der Waals surface area contributed by atoms with E-state index in [-0.39, 0.29) is 0 Å². The van der Waals surface area contributed by atoms with Gasteiger partial charge in [-0.2, -0.15) is 10.2 Å². The third kappa shape index (κ3) is 1.56. The summed E-state index contributed by atoms with van der Waals surface area (Å²) < 4.78 is 4.03. The lowest BCUT2D eigenvalue weighted by Gasteiger charge is -2.01. The summed E-state index contributed by atoms with van der Waals surface area (Å²) in [5.41, 5.74) is 7.60. The lowest BCUT2D eigenvalue weighted by molar-refractivity contribution is 0.971. The van der Waals surface area contributed by atoms with Crippen LogP contribution in [0.25, 0.3) is 10.4 Å². The first-order valence-electron chi connectivity index (χ1n) is 3.82. The number of rotatable bonds is 2. The molecule has 0 saturated heterocycles. The molecule has 0 fully saturated rings. The quantitative estimate of drug-likeness (QED) is 0.772. The van der Waals surface area contributed by atoms with Crippen molar-refractivity contribution < 1.29 is 0 Å². The Kier molecular flexibility index (Phi) is 2.29. The summed E-state index contributed by atoms with van der Waals surface area (Å²) in [6.45, 7) is 0.475. The SMILES string of the molecule is NCc1cnncc1-c1ccns1. The number of nitrogens with zero attached hydrogens (tertiary/aromatic N) is 3. The van der Waals surface area contributed by atoms with Crippen LogP contribution in [-0.4, -0.2) is 14.6 Å². The highest BCUT2D eigenvalue weighted by molar-refractivity contribution is 7.09. The van der Waals surface area contributed by atoms with Crippen molar-refractivity contribution in [3.63, 3.8) is 0 Å². The molecule has 0 spiro atoms. The average molecular weight is 192 g/mol. The molecule has 0 atom stereocenters. The summed E-state index contributed by atoms with van der Waals surface area (Å²) in [5.74, 6) is 0. The Morgan fingerprint density at radius 1 is 1.31 bits per heavy atom. The molecule has 2 heterocycles. The molecule has 2 aromatic rings. The van der Waals surface area contributed by atoms with Gasteiger partial charge in [0.15, 0.2) is 0 Å². The standard InChI is InChI=1S/C8H8N4S/c9-3-6-4-10-11-5-7(6)8-1-2-12-13-8/h1-2,4-5H,3,9H2. The molecule has 2 rings (SSSR count). The van der Waals surface area contributed by atoms with Crippen molar-refractivity contribution in [3.05, 3.63) is 30.2 Å². The number of hydrogen-bond acceptors (Lipinski definition) is 5. The predicted octanol–water partition coefficient (Wildman–Crippen LogP) is 1.06. The molecule has 4 nitrogen and oxygen atoms in total. The summed E-state index contributed by atoms with van der Waals surface area (Å²) in [6, 6.07) is 1.95. The minimum absolute atomic E-state index is 0.475. The molecule has 2 N–H and O–H groups in total. The molecule has 0 aliphatic heterocycles. The maximum absolute atomic E-state index is 5.57. The van der Waals surface area contributed by atoms with Gasteiger partial charge >= 0.3 is 0 Å². The van der Waals surface area contributed by atoms with Crippen LogP contribution in [0.1, 0.15) is 5.56 Å². The topological polar surface area (TPSA) is 64.7 Å². The molecule has 0 aliphatic rings. The lowest BCUT2D eigenvalue weighted by Crippen LogP contribution is -2.00. The van der Waals surface area contributed by atoms with E-state index in [1.807, 2.05) is 6.07 Å². The molecule has 5 heteroatoms. The molecular formula is C8H8N4S. The van der Waals surface area contributed by atoms with E-state index in [2.05, 4.69) is 14.6 Å². The molecule has 0 unspecified atom stereocenters. The van der Waals surface area contributed by atoms with Crippen LogP contribution in [0.5, 0.6) is 0 Å². The monoisotopic (exact) mass is 192 g/mol. The number of hydrogen-bond donors (Lipinski definition) is 1. The maximum atomic E-state index is 5.57. The molecule has 13 heavy (non-hydrogen) atoms. The Morgan fingerprint density at radius 2 is 2.15 bits per heavy atom. The van der Waals surface area contributed by atoms with Crippen molar-refractivity contribution in [2.24, 2.45) is 5.73 Å². The fourth-order valence-electron chi connectivity index (χ4n) is 1.09. The van der Waals surface area contributed by atoms with E-state index in [1.54, 1.807) is 18.6 Å². The van der Waals surface area contributed by atoms with Crippen molar-refractivity contribution in [1.82, 2.24) is 14.6 Å². The van der Waals surface area contributed by atoms with E-state index in [0.717, 1.165) is 16.0 Å². The highest BCUT2D eigenvalue weighted by Crippen LogP contribution is 2.24. The van der Waals surface area contributed by atoms with Crippen LogP contribution in [0.2, 0.25) is 0 Å². The van der Waals surface area contributed by atoms with Gasteiger partial charge in [0, 0.05) is 18.3 Å². The lowest BCUT2D eigenvalue weighted by atomic mass is 10.1. The minimum Gasteiger partial charge on any atom is -0.326 e. The normalized spacial score (nSPS) is 10.2. The second kappa shape index (κ2) is 3.59. The Hall–Kier alpha value is -1.33. The second-order valence-electron chi connectivity index (χ2n) is 2.51. The van der Waals surface area contributed by atoms with Gasteiger partial charge < -0.3 is 5.73 Å². The molecule has 0 aliphatic carbocycles. The second-order valence-corrected chi connectivity index (χ2v) is 3.34. The van der Waals surface area contributed by atoms with Crippen LogP contribution in [-0.2, 0) is 6.54 Å². The Balaban J connectivity index is 2.51. The molecular weight excluding hydrogens is 184 g/mol. The highest BCUT2D eigenvalue weighted by atomic mass is 32.1. The molecule has 0 bridgehead atoms. The summed E-state index contributed by atoms with van der Waals surface area (Å²) >= 11 is 1.43.